The van der Waals surface area contributed by atoms with Gasteiger partial charge in [0.15, 0.2) is 5.65 Å². The number of ether oxygens (including phenoxy) is 1. The lowest BCUT2D eigenvalue weighted by molar-refractivity contribution is 0.102. The first-order valence-corrected chi connectivity index (χ1v) is 12.2. The number of amides is 1. The van der Waals surface area contributed by atoms with E-state index in [-0.39, 0.29) is 23.7 Å². The van der Waals surface area contributed by atoms with Gasteiger partial charge in [0.1, 0.15) is 17.7 Å². The Hall–Kier alpha value is -3.98. The zero-order chi connectivity index (χ0) is 25.1. The molecule has 1 aliphatic heterocycles. The fraction of sp³-hybridized carbons (Fsp3) is 0.296. The molecule has 0 radical (unpaired) electrons. The Morgan fingerprint density at radius 2 is 1.97 bits per heavy atom. The van der Waals surface area contributed by atoms with Crippen LogP contribution in [0.15, 0.2) is 60.8 Å². The van der Waals surface area contributed by atoms with Crippen molar-refractivity contribution in [3.05, 3.63) is 77.7 Å². The Kier molecular flexibility index (Phi) is 6.81. The Bertz CT molecular complexity index is 1360. The van der Waals surface area contributed by atoms with Gasteiger partial charge in [-0.15, -0.1) is 0 Å². The quantitative estimate of drug-likeness (QED) is 0.335. The molecule has 2 aromatic carbocycles. The highest BCUT2D eigenvalue weighted by molar-refractivity contribution is 6.04. The number of anilines is 3. The summed E-state index contributed by atoms with van der Waals surface area (Å²) in [6.07, 6.45) is 3.95. The van der Waals surface area contributed by atoms with E-state index in [0.717, 1.165) is 42.8 Å². The third-order valence-corrected chi connectivity index (χ3v) is 6.14. The van der Waals surface area contributed by atoms with E-state index in [1.165, 1.54) is 24.3 Å². The van der Waals surface area contributed by atoms with E-state index in [9.17, 15) is 9.18 Å². The molecule has 0 aliphatic carbocycles. The lowest BCUT2D eigenvalue weighted by Gasteiger charge is -2.23. The number of aromatic nitrogens is 3. The molecule has 1 unspecified atom stereocenters. The number of piperidine rings is 1. The van der Waals surface area contributed by atoms with Gasteiger partial charge in [0, 0.05) is 35.1 Å². The number of halogens is 1. The minimum absolute atomic E-state index is 0.0666. The highest BCUT2D eigenvalue weighted by Gasteiger charge is 2.19. The minimum Gasteiger partial charge on any atom is -0.473 e. The lowest BCUT2D eigenvalue weighted by Crippen LogP contribution is -2.37. The van der Waals surface area contributed by atoms with Crippen molar-refractivity contribution in [2.24, 2.45) is 0 Å². The zero-order valence-corrected chi connectivity index (χ0v) is 20.3. The standard InChI is InChI=1S/C27H29FN6O2/c1-17(2)23-16-30-34-24(14-25(33-26(23)34)36-22-7-4-12-29-15-22)31-20-5-3-6-21(13-20)32-27(35)18-8-10-19(28)11-9-18/h3,5-6,8-11,13-14,16-17,22,29,31H,4,7,12,15H2,1-2H3,(H,32,35). The van der Waals surface area contributed by atoms with Crippen molar-refractivity contribution in [2.75, 3.05) is 23.7 Å². The van der Waals surface area contributed by atoms with Crippen LogP contribution in [0.4, 0.5) is 21.6 Å². The van der Waals surface area contributed by atoms with Crippen LogP contribution in [-0.2, 0) is 0 Å². The van der Waals surface area contributed by atoms with Crippen molar-refractivity contribution >= 4 is 28.7 Å². The summed E-state index contributed by atoms with van der Waals surface area (Å²) in [6.45, 7) is 6.02. The average molecular weight is 489 g/mol. The van der Waals surface area contributed by atoms with Crippen LogP contribution in [0.5, 0.6) is 5.88 Å². The van der Waals surface area contributed by atoms with Crippen molar-refractivity contribution in [1.82, 2.24) is 19.9 Å². The van der Waals surface area contributed by atoms with Crippen molar-refractivity contribution in [3.63, 3.8) is 0 Å². The molecular formula is C27H29FN6O2. The van der Waals surface area contributed by atoms with E-state index in [1.807, 2.05) is 30.5 Å². The fourth-order valence-corrected chi connectivity index (χ4v) is 4.23. The van der Waals surface area contributed by atoms with Crippen LogP contribution in [0.1, 0.15) is 48.5 Å². The first-order valence-electron chi connectivity index (χ1n) is 12.2. The summed E-state index contributed by atoms with van der Waals surface area (Å²) in [7, 11) is 0. The summed E-state index contributed by atoms with van der Waals surface area (Å²) < 4.78 is 21.2. The smallest absolute Gasteiger partial charge is 0.255 e. The van der Waals surface area contributed by atoms with Crippen molar-refractivity contribution in [1.29, 1.82) is 0 Å². The van der Waals surface area contributed by atoms with Gasteiger partial charge in [0.05, 0.1) is 6.20 Å². The number of carbonyl (C=O) groups excluding carboxylic acids is 1. The molecule has 36 heavy (non-hydrogen) atoms. The molecule has 0 saturated carbocycles. The molecule has 1 amide bonds. The van der Waals surface area contributed by atoms with Gasteiger partial charge < -0.3 is 20.7 Å². The molecule has 9 heteroatoms. The van der Waals surface area contributed by atoms with E-state index < -0.39 is 0 Å². The van der Waals surface area contributed by atoms with Crippen LogP contribution < -0.4 is 20.7 Å². The van der Waals surface area contributed by atoms with Gasteiger partial charge in [-0.25, -0.2) is 4.39 Å². The molecule has 0 bridgehead atoms. The average Bonchev–Trinajstić information content (AvgIpc) is 3.30. The van der Waals surface area contributed by atoms with Gasteiger partial charge in [-0.2, -0.15) is 14.6 Å². The molecule has 4 aromatic rings. The number of nitrogens with one attached hydrogen (secondary N) is 3. The molecular weight excluding hydrogens is 459 g/mol. The van der Waals surface area contributed by atoms with Crippen LogP contribution in [0.2, 0.25) is 0 Å². The molecule has 8 nitrogen and oxygen atoms in total. The number of carbonyl (C=O) groups is 1. The van der Waals surface area contributed by atoms with Crippen LogP contribution >= 0.6 is 0 Å². The zero-order valence-electron chi connectivity index (χ0n) is 20.3. The number of rotatable bonds is 7. The van der Waals surface area contributed by atoms with E-state index >= 15 is 0 Å². The van der Waals surface area contributed by atoms with E-state index in [4.69, 9.17) is 9.72 Å². The predicted octanol–water partition coefficient (Wildman–Crippen LogP) is 5.12. The first-order chi connectivity index (χ1) is 17.5. The Morgan fingerprint density at radius 1 is 1.17 bits per heavy atom. The Morgan fingerprint density at radius 3 is 2.72 bits per heavy atom. The normalized spacial score (nSPS) is 15.7. The number of hydrogen-bond acceptors (Lipinski definition) is 6. The molecule has 5 rings (SSSR count). The number of benzene rings is 2. The second-order valence-corrected chi connectivity index (χ2v) is 9.22. The topological polar surface area (TPSA) is 92.6 Å². The summed E-state index contributed by atoms with van der Waals surface area (Å²) in [6, 6.07) is 14.6. The summed E-state index contributed by atoms with van der Waals surface area (Å²) in [4.78, 5) is 17.3. The molecule has 2 aromatic heterocycles. The number of fused-ring (bicyclic) bond motifs is 1. The SMILES string of the molecule is CC(C)c1cnn2c(Nc3cccc(NC(=O)c4ccc(F)cc4)c3)cc(OC3CCCNC3)nc12. The third kappa shape index (κ3) is 5.31. The maximum Gasteiger partial charge on any atom is 0.255 e. The monoisotopic (exact) mass is 488 g/mol. The van der Waals surface area contributed by atoms with E-state index in [0.29, 0.717) is 22.9 Å². The highest BCUT2D eigenvalue weighted by Crippen LogP contribution is 2.28. The summed E-state index contributed by atoms with van der Waals surface area (Å²) in [5.41, 5.74) is 3.52. The van der Waals surface area contributed by atoms with Gasteiger partial charge >= 0.3 is 0 Å². The first kappa shape index (κ1) is 23.7. The molecule has 1 saturated heterocycles. The Labute approximate surface area is 208 Å². The fourth-order valence-electron chi connectivity index (χ4n) is 4.23. The minimum atomic E-state index is -0.385. The van der Waals surface area contributed by atoms with Gasteiger partial charge in [0.2, 0.25) is 5.88 Å². The largest absolute Gasteiger partial charge is 0.473 e. The maximum absolute atomic E-state index is 13.2. The van der Waals surface area contributed by atoms with Crippen molar-refractivity contribution in [2.45, 2.75) is 38.7 Å². The predicted molar refractivity (Wildman–Crippen MR) is 138 cm³/mol. The van der Waals surface area contributed by atoms with Crippen LogP contribution in [0.25, 0.3) is 5.65 Å². The van der Waals surface area contributed by atoms with E-state index in [2.05, 4.69) is 34.9 Å². The Balaban J connectivity index is 1.41. The van der Waals surface area contributed by atoms with Crippen molar-refractivity contribution < 1.29 is 13.9 Å². The number of hydrogen-bond donors (Lipinski definition) is 3. The molecule has 1 atom stereocenters. The van der Waals surface area contributed by atoms with Gasteiger partial charge in [-0.1, -0.05) is 19.9 Å². The highest BCUT2D eigenvalue weighted by atomic mass is 19.1. The molecule has 1 fully saturated rings. The van der Waals surface area contributed by atoms with Crippen molar-refractivity contribution in [3.8, 4) is 5.88 Å². The van der Waals surface area contributed by atoms with Gasteiger partial charge in [-0.05, 0) is 67.8 Å². The second-order valence-electron chi connectivity index (χ2n) is 9.22. The van der Waals surface area contributed by atoms with Crippen LogP contribution in [-0.4, -0.2) is 39.7 Å². The van der Waals surface area contributed by atoms with E-state index in [1.54, 1.807) is 10.6 Å². The summed E-state index contributed by atoms with van der Waals surface area (Å²) in [5, 5.41) is 14.2. The molecule has 186 valence electrons. The molecule has 1 aliphatic rings. The maximum atomic E-state index is 13.2. The van der Waals surface area contributed by atoms with Gasteiger partial charge in [-0.3, -0.25) is 4.79 Å². The third-order valence-electron chi connectivity index (χ3n) is 6.14. The van der Waals surface area contributed by atoms with Gasteiger partial charge in [0.25, 0.3) is 5.91 Å². The van der Waals surface area contributed by atoms with Crippen LogP contribution in [0, 0.1) is 5.82 Å². The van der Waals surface area contributed by atoms with Crippen LogP contribution in [0.3, 0.4) is 0 Å². The molecule has 0 spiro atoms. The summed E-state index contributed by atoms with van der Waals surface area (Å²) >= 11 is 0. The number of nitrogens with zero attached hydrogens (tertiary/aromatic N) is 3. The lowest BCUT2D eigenvalue weighted by atomic mass is 10.1. The second kappa shape index (κ2) is 10.3. The molecule has 3 heterocycles. The molecule has 3 N–H and O–H groups in total. The summed E-state index contributed by atoms with van der Waals surface area (Å²) in [5.74, 6) is 0.793.